The van der Waals surface area contributed by atoms with Crippen LogP contribution < -0.4 is 0 Å². The van der Waals surface area contributed by atoms with Crippen LogP contribution in [0.2, 0.25) is 0 Å². The minimum absolute atomic E-state index is 0.234. The molecule has 1 amide bonds. The second-order valence-corrected chi connectivity index (χ2v) is 4.09. The third-order valence-electron chi connectivity index (χ3n) is 2.93. The summed E-state index contributed by atoms with van der Waals surface area (Å²) in [7, 11) is 0. The molecule has 1 aliphatic heterocycles. The molecule has 1 rings (SSSR count). The average Bonchev–Trinajstić information content (AvgIpc) is 2.21. The first kappa shape index (κ1) is 13.5. The monoisotopic (exact) mass is 199 g/mol. The predicted molar refractivity (Wildman–Crippen MR) is 61.2 cm³/mol. The van der Waals surface area contributed by atoms with E-state index in [4.69, 9.17) is 0 Å². The summed E-state index contributed by atoms with van der Waals surface area (Å²) in [5.74, 6) is 1.84. The molecule has 0 aromatic heterocycles. The first-order valence-corrected chi connectivity index (χ1v) is 5.86. The lowest BCUT2D eigenvalue weighted by Crippen LogP contribution is -2.38. The zero-order valence-electron chi connectivity index (χ0n) is 10.3. The molecular formula is C12H25NO. The number of amides is 1. The molecule has 14 heavy (non-hydrogen) atoms. The molecule has 0 bridgehead atoms. The molecule has 0 spiro atoms. The Morgan fingerprint density at radius 1 is 1.21 bits per heavy atom. The molecule has 0 unspecified atom stereocenters. The van der Waals surface area contributed by atoms with Gasteiger partial charge >= 0.3 is 0 Å². The van der Waals surface area contributed by atoms with Crippen molar-refractivity contribution in [3.8, 4) is 0 Å². The van der Waals surface area contributed by atoms with Crippen LogP contribution in [0.4, 0.5) is 0 Å². The van der Waals surface area contributed by atoms with Crippen LogP contribution in [0.25, 0.3) is 0 Å². The molecule has 1 aliphatic rings. The third kappa shape index (κ3) is 4.12. The smallest absolute Gasteiger partial charge is 0.219 e. The van der Waals surface area contributed by atoms with Gasteiger partial charge in [-0.1, -0.05) is 27.7 Å². The van der Waals surface area contributed by atoms with E-state index >= 15 is 0 Å². The van der Waals surface area contributed by atoms with Crippen molar-refractivity contribution in [3.63, 3.8) is 0 Å². The topological polar surface area (TPSA) is 20.3 Å². The molecule has 0 aliphatic carbocycles. The summed E-state index contributed by atoms with van der Waals surface area (Å²) in [6.07, 6.45) is 2.38. The molecule has 1 heterocycles. The zero-order valence-corrected chi connectivity index (χ0v) is 10.3. The number of carbonyl (C=O) groups excluding carboxylic acids is 1. The fourth-order valence-electron chi connectivity index (χ4n) is 1.88. The van der Waals surface area contributed by atoms with Gasteiger partial charge in [-0.15, -0.1) is 0 Å². The number of rotatable bonds is 1. The van der Waals surface area contributed by atoms with Gasteiger partial charge in [0.25, 0.3) is 0 Å². The lowest BCUT2D eigenvalue weighted by molar-refractivity contribution is -0.130. The normalized spacial score (nSPS) is 17.7. The summed E-state index contributed by atoms with van der Waals surface area (Å²) in [5, 5.41) is 0. The zero-order chi connectivity index (χ0) is 11.1. The highest BCUT2D eigenvalue weighted by Crippen LogP contribution is 2.24. The van der Waals surface area contributed by atoms with Gasteiger partial charge in [-0.05, 0) is 24.7 Å². The number of piperidine rings is 1. The number of likely N-dealkylation sites (tertiary alicyclic amines) is 1. The van der Waals surface area contributed by atoms with Crippen molar-refractivity contribution in [3.05, 3.63) is 0 Å². The van der Waals surface area contributed by atoms with E-state index in [0.717, 1.165) is 24.9 Å². The molecule has 0 aromatic carbocycles. The summed E-state index contributed by atoms with van der Waals surface area (Å²) >= 11 is 0. The van der Waals surface area contributed by atoms with Crippen molar-refractivity contribution >= 4 is 5.91 Å². The molecule has 2 nitrogen and oxygen atoms in total. The Balaban J connectivity index is 0.000000791. The maximum atomic E-state index is 11.0. The molecule has 0 atom stereocenters. The highest BCUT2D eigenvalue weighted by molar-refractivity contribution is 5.73. The molecule has 2 heteroatoms. The van der Waals surface area contributed by atoms with Gasteiger partial charge in [0, 0.05) is 20.0 Å². The molecule has 1 fully saturated rings. The average molecular weight is 199 g/mol. The van der Waals surface area contributed by atoms with Gasteiger partial charge < -0.3 is 4.90 Å². The predicted octanol–water partition coefficient (Wildman–Crippen LogP) is 2.93. The first-order valence-electron chi connectivity index (χ1n) is 5.86. The maximum Gasteiger partial charge on any atom is 0.219 e. The van der Waals surface area contributed by atoms with E-state index in [9.17, 15) is 4.79 Å². The summed E-state index contributed by atoms with van der Waals surface area (Å²) < 4.78 is 0. The van der Waals surface area contributed by atoms with Crippen LogP contribution in [0.3, 0.4) is 0 Å². The first-order chi connectivity index (χ1) is 6.61. The number of hydrogen-bond acceptors (Lipinski definition) is 1. The fourth-order valence-corrected chi connectivity index (χ4v) is 1.88. The van der Waals surface area contributed by atoms with E-state index < -0.39 is 0 Å². The molecule has 84 valence electrons. The van der Waals surface area contributed by atoms with Crippen molar-refractivity contribution in [1.29, 1.82) is 0 Å². The van der Waals surface area contributed by atoms with Crippen molar-refractivity contribution < 1.29 is 4.79 Å². The minimum Gasteiger partial charge on any atom is -0.343 e. The van der Waals surface area contributed by atoms with Crippen LogP contribution in [-0.4, -0.2) is 23.9 Å². The lowest BCUT2D eigenvalue weighted by Gasteiger charge is -2.33. The summed E-state index contributed by atoms with van der Waals surface area (Å²) in [4.78, 5) is 13.0. The van der Waals surface area contributed by atoms with E-state index in [-0.39, 0.29) is 5.91 Å². The second kappa shape index (κ2) is 6.86. The Morgan fingerprint density at radius 2 is 1.64 bits per heavy atom. The van der Waals surface area contributed by atoms with Gasteiger partial charge in [0.2, 0.25) is 5.91 Å². The van der Waals surface area contributed by atoms with Crippen LogP contribution in [0.5, 0.6) is 0 Å². The Morgan fingerprint density at radius 3 is 1.93 bits per heavy atom. The summed E-state index contributed by atoms with van der Waals surface area (Å²) in [6, 6.07) is 0. The van der Waals surface area contributed by atoms with Gasteiger partial charge in [0.1, 0.15) is 0 Å². The van der Waals surface area contributed by atoms with E-state index in [1.807, 2.05) is 18.7 Å². The van der Waals surface area contributed by atoms with Crippen LogP contribution in [0.1, 0.15) is 47.5 Å². The second-order valence-electron chi connectivity index (χ2n) is 4.09. The Labute approximate surface area is 88.7 Å². The van der Waals surface area contributed by atoms with Crippen molar-refractivity contribution in [1.82, 2.24) is 4.90 Å². The number of hydrogen-bond donors (Lipinski definition) is 0. The molecule has 0 aromatic rings. The Bertz CT molecular complexity index is 158. The van der Waals surface area contributed by atoms with Crippen molar-refractivity contribution in [2.75, 3.05) is 13.1 Å². The highest BCUT2D eigenvalue weighted by Gasteiger charge is 2.22. The number of nitrogens with zero attached hydrogens (tertiary/aromatic N) is 1. The standard InChI is InChI=1S/C10H19NO.C2H6/c1-8(2)10-4-6-11(7-5-10)9(3)12;1-2/h8,10H,4-7H2,1-3H3;1-2H3. The van der Waals surface area contributed by atoms with Gasteiger partial charge in [-0.25, -0.2) is 0 Å². The lowest BCUT2D eigenvalue weighted by atomic mass is 9.87. The molecular weight excluding hydrogens is 174 g/mol. The van der Waals surface area contributed by atoms with Crippen molar-refractivity contribution in [2.24, 2.45) is 11.8 Å². The van der Waals surface area contributed by atoms with Crippen LogP contribution >= 0.6 is 0 Å². The molecule has 0 N–H and O–H groups in total. The number of carbonyl (C=O) groups is 1. The highest BCUT2D eigenvalue weighted by atomic mass is 16.2. The Hall–Kier alpha value is -0.530. The van der Waals surface area contributed by atoms with Crippen LogP contribution in [0.15, 0.2) is 0 Å². The van der Waals surface area contributed by atoms with E-state index in [0.29, 0.717) is 0 Å². The van der Waals surface area contributed by atoms with Gasteiger partial charge in [-0.3, -0.25) is 4.79 Å². The van der Waals surface area contributed by atoms with Crippen molar-refractivity contribution in [2.45, 2.75) is 47.5 Å². The largest absolute Gasteiger partial charge is 0.343 e. The third-order valence-corrected chi connectivity index (χ3v) is 2.93. The van der Waals surface area contributed by atoms with Gasteiger partial charge in [0.05, 0.1) is 0 Å². The van der Waals surface area contributed by atoms with E-state index in [2.05, 4.69) is 13.8 Å². The maximum absolute atomic E-state index is 11.0. The summed E-state index contributed by atoms with van der Waals surface area (Å²) in [6.45, 7) is 12.1. The molecule has 0 radical (unpaired) electrons. The van der Waals surface area contributed by atoms with E-state index in [1.165, 1.54) is 12.8 Å². The van der Waals surface area contributed by atoms with Crippen LogP contribution in [0, 0.1) is 11.8 Å². The van der Waals surface area contributed by atoms with E-state index in [1.54, 1.807) is 6.92 Å². The quantitative estimate of drug-likeness (QED) is 0.636. The molecule has 1 saturated heterocycles. The van der Waals surface area contributed by atoms with Gasteiger partial charge in [-0.2, -0.15) is 0 Å². The minimum atomic E-state index is 0.234. The van der Waals surface area contributed by atoms with Gasteiger partial charge in [0.15, 0.2) is 0 Å². The SMILES string of the molecule is CC.CC(=O)N1CCC(C(C)C)CC1. The Kier molecular flexibility index (Phi) is 6.60. The van der Waals surface area contributed by atoms with Crippen LogP contribution in [-0.2, 0) is 4.79 Å². The summed E-state index contributed by atoms with van der Waals surface area (Å²) in [5.41, 5.74) is 0. The fraction of sp³-hybridized carbons (Fsp3) is 0.917. The molecule has 0 saturated carbocycles.